The van der Waals surface area contributed by atoms with Crippen LogP contribution in [0.5, 0.6) is 0 Å². The third-order valence-corrected chi connectivity index (χ3v) is 3.30. The molecule has 0 aliphatic carbocycles. The molecule has 6 heteroatoms. The molecule has 0 spiro atoms. The van der Waals surface area contributed by atoms with E-state index in [-0.39, 0.29) is 18.2 Å². The molecule has 1 saturated heterocycles. The number of likely N-dealkylation sites (tertiary alicyclic amines) is 1. The number of pyridine rings is 1. The van der Waals surface area contributed by atoms with Crippen molar-refractivity contribution in [3.05, 3.63) is 29.6 Å². The molecule has 1 unspecified atom stereocenters. The lowest BCUT2D eigenvalue weighted by Crippen LogP contribution is -2.41. The lowest BCUT2D eigenvalue weighted by atomic mass is 10.1. The molecule has 2 rings (SSSR count). The number of nitrogens with zero attached hydrogens (tertiary/aromatic N) is 2. The molecule has 1 fully saturated rings. The van der Waals surface area contributed by atoms with E-state index in [4.69, 9.17) is 9.84 Å². The van der Waals surface area contributed by atoms with Gasteiger partial charge in [0.15, 0.2) is 0 Å². The van der Waals surface area contributed by atoms with E-state index in [2.05, 4.69) is 16.8 Å². The Morgan fingerprint density at radius 3 is 3.10 bits per heavy atom. The second-order valence-corrected chi connectivity index (χ2v) is 4.54. The molecule has 110 valence electrons. The number of carbonyl (C=O) groups excluding carboxylic acids is 2. The van der Waals surface area contributed by atoms with Crippen molar-refractivity contribution in [2.75, 3.05) is 20.3 Å². The second-order valence-electron chi connectivity index (χ2n) is 4.54. The summed E-state index contributed by atoms with van der Waals surface area (Å²) in [5.74, 6) is 4.44. The van der Waals surface area contributed by atoms with E-state index >= 15 is 0 Å². The van der Waals surface area contributed by atoms with Gasteiger partial charge in [-0.2, -0.15) is 0 Å². The average molecular weight is 288 g/mol. The quantitative estimate of drug-likeness (QED) is 0.621. The van der Waals surface area contributed by atoms with E-state index in [0.29, 0.717) is 18.5 Å². The number of aliphatic hydroxyl groups excluding tert-OH is 1. The van der Waals surface area contributed by atoms with Crippen LogP contribution in [-0.4, -0.2) is 53.2 Å². The van der Waals surface area contributed by atoms with Crippen molar-refractivity contribution < 1.29 is 19.4 Å². The van der Waals surface area contributed by atoms with Crippen molar-refractivity contribution in [1.82, 2.24) is 9.88 Å². The van der Waals surface area contributed by atoms with Crippen LogP contribution in [0.25, 0.3) is 0 Å². The van der Waals surface area contributed by atoms with Gasteiger partial charge in [0.05, 0.1) is 12.7 Å². The molecule has 0 bridgehead atoms. The van der Waals surface area contributed by atoms with Crippen molar-refractivity contribution in [3.8, 4) is 11.8 Å². The number of hydrogen-bond acceptors (Lipinski definition) is 5. The van der Waals surface area contributed by atoms with Crippen LogP contribution in [0.3, 0.4) is 0 Å². The standard InChI is InChI=1S/C15H16N2O4/c1-21-15(20)12-7-3-9-17(12)14(19)13-11(6-4-10-18)5-2-8-16-13/h2,5,8,12,18H,3,7,9-10H2,1H3. The maximum Gasteiger partial charge on any atom is 0.328 e. The highest BCUT2D eigenvalue weighted by atomic mass is 16.5. The van der Waals surface area contributed by atoms with Crippen LogP contribution in [0.1, 0.15) is 28.9 Å². The molecular weight excluding hydrogens is 272 g/mol. The van der Waals surface area contributed by atoms with Crippen LogP contribution in [0, 0.1) is 11.8 Å². The summed E-state index contributed by atoms with van der Waals surface area (Å²) in [6.07, 6.45) is 2.83. The maximum atomic E-state index is 12.6. The predicted octanol–water partition coefficient (Wildman–Crippen LogP) is 0.203. The normalized spacial score (nSPS) is 17.0. The maximum absolute atomic E-state index is 12.6. The van der Waals surface area contributed by atoms with Crippen molar-refractivity contribution in [2.24, 2.45) is 0 Å². The number of aromatic nitrogens is 1. The van der Waals surface area contributed by atoms with E-state index in [1.807, 2.05) is 0 Å². The molecule has 0 aromatic carbocycles. The molecule has 1 aromatic rings. The number of aliphatic hydroxyl groups is 1. The smallest absolute Gasteiger partial charge is 0.328 e. The van der Waals surface area contributed by atoms with Gasteiger partial charge in [-0.05, 0) is 25.0 Å². The highest BCUT2D eigenvalue weighted by Gasteiger charge is 2.36. The Kier molecular flexibility index (Phi) is 4.90. The first-order valence-corrected chi connectivity index (χ1v) is 6.62. The van der Waals surface area contributed by atoms with Crippen molar-refractivity contribution in [1.29, 1.82) is 0 Å². The van der Waals surface area contributed by atoms with Crippen molar-refractivity contribution >= 4 is 11.9 Å². The zero-order valence-electron chi connectivity index (χ0n) is 11.7. The summed E-state index contributed by atoms with van der Waals surface area (Å²) in [6, 6.07) is 2.76. The first-order chi connectivity index (χ1) is 10.2. The fourth-order valence-corrected chi connectivity index (χ4v) is 2.34. The van der Waals surface area contributed by atoms with E-state index < -0.39 is 12.0 Å². The molecule has 1 N–H and O–H groups in total. The number of ether oxygens (including phenoxy) is 1. The molecule has 1 aromatic heterocycles. The first kappa shape index (κ1) is 15.0. The molecule has 1 amide bonds. The fraction of sp³-hybridized carbons (Fsp3) is 0.400. The Balaban J connectivity index is 2.30. The summed E-state index contributed by atoms with van der Waals surface area (Å²) in [7, 11) is 1.31. The van der Waals surface area contributed by atoms with Gasteiger partial charge in [-0.25, -0.2) is 9.78 Å². The van der Waals surface area contributed by atoms with E-state index in [9.17, 15) is 9.59 Å². The Morgan fingerprint density at radius 2 is 2.38 bits per heavy atom. The Bertz CT molecular complexity index is 603. The number of esters is 1. The minimum Gasteiger partial charge on any atom is -0.467 e. The first-order valence-electron chi connectivity index (χ1n) is 6.62. The summed E-state index contributed by atoms with van der Waals surface area (Å²) < 4.78 is 4.73. The molecule has 0 radical (unpaired) electrons. The van der Waals surface area contributed by atoms with Gasteiger partial charge in [-0.1, -0.05) is 11.8 Å². The lowest BCUT2D eigenvalue weighted by molar-refractivity contribution is -0.145. The van der Waals surface area contributed by atoms with Crippen molar-refractivity contribution in [2.45, 2.75) is 18.9 Å². The Hall–Kier alpha value is -2.39. The molecule has 21 heavy (non-hydrogen) atoms. The number of amides is 1. The van der Waals surface area contributed by atoms with Gasteiger partial charge in [-0.15, -0.1) is 0 Å². The SMILES string of the molecule is COC(=O)C1CCCN1C(=O)c1ncccc1C#CCO. The monoisotopic (exact) mass is 288 g/mol. The number of hydrogen-bond donors (Lipinski definition) is 1. The zero-order chi connectivity index (χ0) is 15.2. The minimum atomic E-state index is -0.567. The number of methoxy groups -OCH3 is 1. The van der Waals surface area contributed by atoms with E-state index in [1.54, 1.807) is 12.1 Å². The summed E-state index contributed by atoms with van der Waals surface area (Å²) in [5.41, 5.74) is 0.626. The summed E-state index contributed by atoms with van der Waals surface area (Å²) in [6.45, 7) is 0.194. The third kappa shape index (κ3) is 3.20. The van der Waals surface area contributed by atoms with Crippen LogP contribution < -0.4 is 0 Å². The van der Waals surface area contributed by atoms with Crippen LogP contribution in [0.2, 0.25) is 0 Å². The van der Waals surface area contributed by atoms with Crippen LogP contribution >= 0.6 is 0 Å². The van der Waals surface area contributed by atoms with Crippen LogP contribution in [0.15, 0.2) is 18.3 Å². The molecule has 0 saturated carbocycles. The van der Waals surface area contributed by atoms with Gasteiger partial charge in [-0.3, -0.25) is 4.79 Å². The third-order valence-electron chi connectivity index (χ3n) is 3.30. The van der Waals surface area contributed by atoms with Gasteiger partial charge in [0.2, 0.25) is 0 Å². The highest BCUT2D eigenvalue weighted by molar-refractivity contribution is 5.97. The van der Waals surface area contributed by atoms with E-state index in [1.165, 1.54) is 18.2 Å². The number of carbonyl (C=O) groups is 2. The topological polar surface area (TPSA) is 79.7 Å². The molecular formula is C15H16N2O4. The molecule has 1 atom stereocenters. The predicted molar refractivity (Wildman–Crippen MR) is 74.3 cm³/mol. The summed E-state index contributed by atoms with van der Waals surface area (Å²) >= 11 is 0. The second kappa shape index (κ2) is 6.86. The van der Waals surface area contributed by atoms with Crippen molar-refractivity contribution in [3.63, 3.8) is 0 Å². The fourth-order valence-electron chi connectivity index (χ4n) is 2.34. The van der Waals surface area contributed by atoms with Gasteiger partial charge in [0, 0.05) is 12.7 Å². The van der Waals surface area contributed by atoms with Gasteiger partial charge in [0.25, 0.3) is 5.91 Å². The largest absolute Gasteiger partial charge is 0.467 e. The Labute approximate surface area is 122 Å². The van der Waals surface area contributed by atoms with Gasteiger partial charge < -0.3 is 14.7 Å². The lowest BCUT2D eigenvalue weighted by Gasteiger charge is -2.22. The summed E-state index contributed by atoms with van der Waals surface area (Å²) in [5, 5.41) is 8.76. The molecule has 2 heterocycles. The van der Waals surface area contributed by atoms with Gasteiger partial charge >= 0.3 is 5.97 Å². The molecule has 6 nitrogen and oxygen atoms in total. The molecule has 1 aliphatic heterocycles. The number of rotatable bonds is 2. The Morgan fingerprint density at radius 1 is 1.57 bits per heavy atom. The zero-order valence-corrected chi connectivity index (χ0v) is 11.7. The highest BCUT2D eigenvalue weighted by Crippen LogP contribution is 2.21. The van der Waals surface area contributed by atoms with Crippen LogP contribution in [-0.2, 0) is 9.53 Å². The van der Waals surface area contributed by atoms with E-state index in [0.717, 1.165) is 6.42 Å². The average Bonchev–Trinajstić information content (AvgIpc) is 3.01. The van der Waals surface area contributed by atoms with Crippen LogP contribution in [0.4, 0.5) is 0 Å². The summed E-state index contributed by atoms with van der Waals surface area (Å²) in [4.78, 5) is 29.8. The molecule has 1 aliphatic rings. The van der Waals surface area contributed by atoms with Gasteiger partial charge in [0.1, 0.15) is 18.3 Å². The minimum absolute atomic E-state index is 0.189.